The van der Waals surface area contributed by atoms with Crippen LogP contribution in [-0.2, 0) is 10.0 Å². The second-order valence-corrected chi connectivity index (χ2v) is 7.16. The largest absolute Gasteiger partial charge is 0.479 e. The van der Waals surface area contributed by atoms with Crippen molar-refractivity contribution in [1.29, 1.82) is 5.26 Å². The van der Waals surface area contributed by atoms with Crippen LogP contribution in [0, 0.1) is 17.1 Å². The number of sulfonamides is 1. The molecule has 0 aliphatic rings. The Labute approximate surface area is 158 Å². The highest BCUT2D eigenvalue weighted by atomic mass is 35.5. The molecule has 0 bridgehead atoms. The molecule has 3 aromatic heterocycles. The van der Waals surface area contributed by atoms with E-state index in [1.54, 1.807) is 6.07 Å². The summed E-state index contributed by atoms with van der Waals surface area (Å²) >= 11 is 5.86. The van der Waals surface area contributed by atoms with Gasteiger partial charge in [0.1, 0.15) is 16.7 Å². The minimum atomic E-state index is -4.14. The van der Waals surface area contributed by atoms with Crippen molar-refractivity contribution in [2.24, 2.45) is 0 Å². The standard InChI is InChI=1S/C15H11ClFN5O4S/c1-25-15-11(6-10(17)14(20-15)26-5-4-18)21-27(23,24)13-7-19-22-8-9(16)2-3-12(13)22/h2-3,6-8,21H,5H2,1H3. The van der Waals surface area contributed by atoms with Crippen LogP contribution >= 0.6 is 11.6 Å². The van der Waals surface area contributed by atoms with Crippen LogP contribution in [0.4, 0.5) is 10.1 Å². The third kappa shape index (κ3) is 3.71. The number of nitrogens with zero attached hydrogens (tertiary/aromatic N) is 4. The van der Waals surface area contributed by atoms with Gasteiger partial charge in [0.05, 0.1) is 23.8 Å². The lowest BCUT2D eigenvalue weighted by Gasteiger charge is -2.12. The van der Waals surface area contributed by atoms with Gasteiger partial charge in [0, 0.05) is 12.3 Å². The molecule has 0 aliphatic heterocycles. The van der Waals surface area contributed by atoms with Crippen LogP contribution in [0.1, 0.15) is 0 Å². The van der Waals surface area contributed by atoms with Crippen molar-refractivity contribution in [2.75, 3.05) is 18.4 Å². The molecular weight excluding hydrogens is 401 g/mol. The van der Waals surface area contributed by atoms with Gasteiger partial charge in [-0.2, -0.15) is 15.3 Å². The summed E-state index contributed by atoms with van der Waals surface area (Å²) in [5, 5.41) is 12.8. The SMILES string of the molecule is COc1nc(OCC#N)c(F)cc1NS(=O)(=O)c1cnn2cc(Cl)ccc12. The number of anilines is 1. The topological polar surface area (TPSA) is 119 Å². The molecule has 12 heteroatoms. The molecule has 140 valence electrons. The van der Waals surface area contributed by atoms with Gasteiger partial charge in [-0.15, -0.1) is 0 Å². The van der Waals surface area contributed by atoms with Gasteiger partial charge in [-0.05, 0) is 12.1 Å². The van der Waals surface area contributed by atoms with Crippen molar-refractivity contribution >= 4 is 32.8 Å². The van der Waals surface area contributed by atoms with Crippen LogP contribution < -0.4 is 14.2 Å². The van der Waals surface area contributed by atoms with E-state index in [4.69, 9.17) is 26.3 Å². The molecule has 0 aromatic carbocycles. The predicted molar refractivity (Wildman–Crippen MR) is 92.9 cm³/mol. The molecule has 0 saturated carbocycles. The van der Waals surface area contributed by atoms with E-state index in [1.165, 1.54) is 30.0 Å². The molecule has 9 nitrogen and oxygen atoms in total. The van der Waals surface area contributed by atoms with Crippen molar-refractivity contribution in [2.45, 2.75) is 4.90 Å². The smallest absolute Gasteiger partial charge is 0.265 e. The molecule has 0 aliphatic carbocycles. The van der Waals surface area contributed by atoms with Crippen molar-refractivity contribution in [3.63, 3.8) is 0 Å². The number of pyridine rings is 2. The molecule has 0 radical (unpaired) electrons. The zero-order valence-corrected chi connectivity index (χ0v) is 15.3. The lowest BCUT2D eigenvalue weighted by molar-refractivity contribution is 0.318. The third-order valence-corrected chi connectivity index (χ3v) is 4.96. The molecule has 0 spiro atoms. The fraction of sp³-hybridized carbons (Fsp3) is 0.133. The quantitative estimate of drug-likeness (QED) is 0.660. The van der Waals surface area contributed by atoms with Gasteiger partial charge in [0.15, 0.2) is 12.4 Å². The van der Waals surface area contributed by atoms with Gasteiger partial charge in [0.2, 0.25) is 5.88 Å². The zero-order valence-electron chi connectivity index (χ0n) is 13.7. The molecule has 0 saturated heterocycles. The normalized spacial score (nSPS) is 11.2. The number of aromatic nitrogens is 3. The molecule has 0 amide bonds. The molecule has 3 aromatic rings. The summed E-state index contributed by atoms with van der Waals surface area (Å²) in [6.45, 7) is -0.427. The first-order valence-corrected chi connectivity index (χ1v) is 9.12. The molecular formula is C15H11ClFN5O4S. The highest BCUT2D eigenvalue weighted by Crippen LogP contribution is 2.31. The number of fused-ring (bicyclic) bond motifs is 1. The van der Waals surface area contributed by atoms with Crippen molar-refractivity contribution in [3.05, 3.63) is 41.4 Å². The lowest BCUT2D eigenvalue weighted by Crippen LogP contribution is -2.14. The van der Waals surface area contributed by atoms with Crippen molar-refractivity contribution < 1.29 is 22.3 Å². The highest BCUT2D eigenvalue weighted by Gasteiger charge is 2.23. The maximum absolute atomic E-state index is 14.1. The Morgan fingerprint density at radius 3 is 2.89 bits per heavy atom. The maximum atomic E-state index is 14.1. The van der Waals surface area contributed by atoms with Crippen molar-refractivity contribution in [3.8, 4) is 17.8 Å². The van der Waals surface area contributed by atoms with Crippen LogP contribution in [-0.4, -0.2) is 36.7 Å². The summed E-state index contributed by atoms with van der Waals surface area (Å²) in [6.07, 6.45) is 2.58. The molecule has 3 heterocycles. The monoisotopic (exact) mass is 411 g/mol. The number of rotatable bonds is 6. The zero-order chi connectivity index (χ0) is 19.6. The van der Waals surface area contributed by atoms with E-state index in [2.05, 4.69) is 14.8 Å². The van der Waals surface area contributed by atoms with Gasteiger partial charge < -0.3 is 9.47 Å². The summed E-state index contributed by atoms with van der Waals surface area (Å²) in [6, 6.07) is 5.52. The third-order valence-electron chi connectivity index (χ3n) is 3.35. The summed E-state index contributed by atoms with van der Waals surface area (Å²) in [7, 11) is -2.92. The molecule has 27 heavy (non-hydrogen) atoms. The highest BCUT2D eigenvalue weighted by molar-refractivity contribution is 7.93. The predicted octanol–water partition coefficient (Wildman–Crippen LogP) is 2.23. The average Bonchev–Trinajstić information content (AvgIpc) is 3.04. The van der Waals surface area contributed by atoms with E-state index in [0.29, 0.717) is 5.02 Å². The van der Waals surface area contributed by atoms with Crippen LogP contribution in [0.5, 0.6) is 11.8 Å². The molecule has 0 fully saturated rings. The second kappa shape index (κ2) is 7.26. The van der Waals surface area contributed by atoms with E-state index < -0.39 is 28.3 Å². The first kappa shape index (κ1) is 18.7. The minimum absolute atomic E-state index is 0.147. The van der Waals surface area contributed by atoms with Crippen LogP contribution in [0.2, 0.25) is 5.02 Å². The summed E-state index contributed by atoms with van der Waals surface area (Å²) in [5.74, 6) is -1.68. The Morgan fingerprint density at radius 1 is 1.41 bits per heavy atom. The first-order chi connectivity index (χ1) is 12.9. The number of nitrogens with one attached hydrogen (secondary N) is 1. The summed E-state index contributed by atoms with van der Waals surface area (Å²) in [5.41, 5.74) is 0.0286. The number of halogens is 2. The summed E-state index contributed by atoms with van der Waals surface area (Å²) < 4.78 is 52.8. The van der Waals surface area contributed by atoms with Crippen LogP contribution in [0.25, 0.3) is 5.52 Å². The van der Waals surface area contributed by atoms with E-state index in [1.807, 2.05) is 0 Å². The summed E-state index contributed by atoms with van der Waals surface area (Å²) in [4.78, 5) is 3.59. The number of nitriles is 1. The number of ether oxygens (including phenoxy) is 2. The van der Waals surface area contributed by atoms with Gasteiger partial charge in [-0.1, -0.05) is 11.6 Å². The van der Waals surface area contributed by atoms with Crippen LogP contribution in [0.3, 0.4) is 0 Å². The molecule has 3 rings (SSSR count). The average molecular weight is 412 g/mol. The Kier molecular flexibility index (Phi) is 5.02. The minimum Gasteiger partial charge on any atom is -0.479 e. The first-order valence-electron chi connectivity index (χ1n) is 7.25. The van der Waals surface area contributed by atoms with Gasteiger partial charge >= 0.3 is 0 Å². The Hall–Kier alpha value is -3.10. The number of hydrogen-bond donors (Lipinski definition) is 1. The fourth-order valence-corrected chi connectivity index (χ4v) is 3.55. The maximum Gasteiger partial charge on any atom is 0.265 e. The molecule has 1 N–H and O–H groups in total. The van der Waals surface area contributed by atoms with Crippen molar-refractivity contribution in [1.82, 2.24) is 14.6 Å². The van der Waals surface area contributed by atoms with E-state index in [9.17, 15) is 12.8 Å². The Balaban J connectivity index is 2.00. The van der Waals surface area contributed by atoms with E-state index in [-0.39, 0.29) is 22.0 Å². The Bertz CT molecular complexity index is 1160. The number of hydrogen-bond acceptors (Lipinski definition) is 7. The van der Waals surface area contributed by atoms with Gasteiger partial charge in [-0.3, -0.25) is 4.72 Å². The molecule has 0 atom stereocenters. The lowest BCUT2D eigenvalue weighted by atomic mass is 10.4. The second-order valence-electron chi connectivity index (χ2n) is 5.07. The molecule has 0 unspecified atom stereocenters. The van der Waals surface area contributed by atoms with E-state index in [0.717, 1.165) is 12.3 Å². The fourth-order valence-electron chi connectivity index (χ4n) is 2.23. The Morgan fingerprint density at radius 2 is 2.19 bits per heavy atom. The van der Waals surface area contributed by atoms with Gasteiger partial charge in [0.25, 0.3) is 15.9 Å². The van der Waals surface area contributed by atoms with E-state index >= 15 is 0 Å². The number of methoxy groups -OCH3 is 1. The van der Waals surface area contributed by atoms with Gasteiger partial charge in [-0.25, -0.2) is 17.3 Å². The van der Waals surface area contributed by atoms with Crippen LogP contribution in [0.15, 0.2) is 35.5 Å².